The first kappa shape index (κ1) is 31.5. The van der Waals surface area contributed by atoms with Gasteiger partial charge in [0.15, 0.2) is 17.5 Å². The molecule has 0 saturated heterocycles. The fourth-order valence-electron chi connectivity index (χ4n) is 8.37. The van der Waals surface area contributed by atoms with E-state index in [4.69, 9.17) is 23.8 Å². The van der Waals surface area contributed by atoms with Crippen molar-refractivity contribution in [1.82, 2.24) is 19.5 Å². The molecule has 8 aromatic carbocycles. The van der Waals surface area contributed by atoms with Gasteiger partial charge in [0, 0.05) is 60.3 Å². The van der Waals surface area contributed by atoms with Crippen LogP contribution in [-0.2, 0) is 0 Å². The molecular formula is C51H30N4O2. The van der Waals surface area contributed by atoms with E-state index in [1.54, 1.807) is 0 Å². The zero-order valence-corrected chi connectivity index (χ0v) is 30.4. The van der Waals surface area contributed by atoms with Crippen molar-refractivity contribution in [1.29, 1.82) is 0 Å². The minimum atomic E-state index is 0.583. The minimum Gasteiger partial charge on any atom is -0.456 e. The summed E-state index contributed by atoms with van der Waals surface area (Å²) in [5.41, 5.74) is 11.6. The van der Waals surface area contributed by atoms with Crippen molar-refractivity contribution in [2.75, 3.05) is 0 Å². The van der Waals surface area contributed by atoms with E-state index in [-0.39, 0.29) is 0 Å². The van der Waals surface area contributed by atoms with Crippen molar-refractivity contribution in [3.8, 4) is 51.0 Å². The summed E-state index contributed by atoms with van der Waals surface area (Å²) in [6, 6.07) is 62.7. The molecular weight excluding hydrogens is 701 g/mol. The van der Waals surface area contributed by atoms with Crippen molar-refractivity contribution >= 4 is 65.7 Å². The second kappa shape index (κ2) is 12.3. The number of para-hydroxylation sites is 3. The molecule has 12 rings (SSSR count). The lowest BCUT2D eigenvalue weighted by Gasteiger charge is -2.08. The summed E-state index contributed by atoms with van der Waals surface area (Å²) in [5, 5.41) is 6.46. The van der Waals surface area contributed by atoms with Crippen LogP contribution in [0.4, 0.5) is 0 Å². The molecule has 4 aromatic heterocycles. The number of hydrogen-bond acceptors (Lipinski definition) is 5. The molecule has 0 fully saturated rings. The predicted octanol–water partition coefficient (Wildman–Crippen LogP) is 13.4. The topological polar surface area (TPSA) is 69.9 Å². The first-order valence-corrected chi connectivity index (χ1v) is 19.0. The fraction of sp³-hybridized carbons (Fsp3) is 0. The summed E-state index contributed by atoms with van der Waals surface area (Å²) in [7, 11) is 0. The van der Waals surface area contributed by atoms with Gasteiger partial charge >= 0.3 is 0 Å². The highest BCUT2D eigenvalue weighted by Crippen LogP contribution is 2.42. The lowest BCUT2D eigenvalue weighted by Crippen LogP contribution is -2.00. The van der Waals surface area contributed by atoms with Crippen LogP contribution >= 0.6 is 0 Å². The molecule has 6 heteroatoms. The highest BCUT2D eigenvalue weighted by Gasteiger charge is 2.19. The summed E-state index contributed by atoms with van der Waals surface area (Å²) < 4.78 is 15.7. The van der Waals surface area contributed by atoms with Crippen LogP contribution in [0.15, 0.2) is 191 Å². The van der Waals surface area contributed by atoms with Crippen molar-refractivity contribution in [3.05, 3.63) is 182 Å². The van der Waals surface area contributed by atoms with E-state index < -0.39 is 0 Å². The minimum absolute atomic E-state index is 0.583. The number of hydrogen-bond donors (Lipinski definition) is 0. The molecule has 4 heterocycles. The van der Waals surface area contributed by atoms with Crippen LogP contribution in [0.5, 0.6) is 0 Å². The summed E-state index contributed by atoms with van der Waals surface area (Å²) in [6.45, 7) is 0. The summed E-state index contributed by atoms with van der Waals surface area (Å²) >= 11 is 0. The van der Waals surface area contributed by atoms with Gasteiger partial charge in [-0.15, -0.1) is 0 Å². The Kier molecular flexibility index (Phi) is 6.83. The van der Waals surface area contributed by atoms with Gasteiger partial charge in [0.25, 0.3) is 0 Å². The quantitative estimate of drug-likeness (QED) is 0.176. The van der Waals surface area contributed by atoms with Crippen molar-refractivity contribution in [3.63, 3.8) is 0 Å². The van der Waals surface area contributed by atoms with E-state index in [0.717, 1.165) is 77.4 Å². The van der Waals surface area contributed by atoms with Gasteiger partial charge in [0.2, 0.25) is 0 Å². The molecule has 0 spiro atoms. The number of rotatable bonds is 5. The normalized spacial score (nSPS) is 11.9. The van der Waals surface area contributed by atoms with Gasteiger partial charge in [-0.2, -0.15) is 0 Å². The third-order valence-corrected chi connectivity index (χ3v) is 11.0. The molecule has 0 aliphatic carbocycles. The fourth-order valence-corrected chi connectivity index (χ4v) is 8.37. The van der Waals surface area contributed by atoms with Crippen LogP contribution in [0.1, 0.15) is 0 Å². The number of furan rings is 2. The number of nitrogens with zero attached hydrogens (tertiary/aromatic N) is 4. The molecule has 0 N–H and O–H groups in total. The molecule has 12 aromatic rings. The van der Waals surface area contributed by atoms with Crippen LogP contribution < -0.4 is 0 Å². The Morgan fingerprint density at radius 2 is 0.895 bits per heavy atom. The molecule has 266 valence electrons. The largest absolute Gasteiger partial charge is 0.456 e. The molecule has 0 atom stereocenters. The molecule has 0 amide bonds. The highest BCUT2D eigenvalue weighted by atomic mass is 16.3. The highest BCUT2D eigenvalue weighted by molar-refractivity contribution is 6.17. The number of fused-ring (bicyclic) bond motifs is 9. The zero-order valence-electron chi connectivity index (χ0n) is 30.4. The van der Waals surface area contributed by atoms with Gasteiger partial charge in [-0.25, -0.2) is 15.0 Å². The maximum absolute atomic E-state index is 6.77. The summed E-state index contributed by atoms with van der Waals surface area (Å²) in [5.74, 6) is 1.82. The second-order valence-electron chi connectivity index (χ2n) is 14.4. The van der Waals surface area contributed by atoms with Gasteiger partial charge in [-0.05, 0) is 60.2 Å². The van der Waals surface area contributed by atoms with Crippen LogP contribution in [-0.4, -0.2) is 19.5 Å². The van der Waals surface area contributed by atoms with E-state index >= 15 is 0 Å². The van der Waals surface area contributed by atoms with Crippen LogP contribution in [0.2, 0.25) is 0 Å². The lowest BCUT2D eigenvalue weighted by atomic mass is 10.00. The zero-order chi connectivity index (χ0) is 37.5. The van der Waals surface area contributed by atoms with Gasteiger partial charge < -0.3 is 13.4 Å². The standard InChI is InChI=1S/C51H30N4O2/c1-4-13-31(14-5-1)49-52-50(32-15-6-2-7-16-32)54-51(53-49)34-23-25-38-41-29-47-42(30-46(41)56-45(38)28-34)39-21-12-20-36(48(39)57-47)33-24-26-44-40(27-33)37-19-10-11-22-43(37)55(44)35-17-8-3-9-18-35/h1-30H. The lowest BCUT2D eigenvalue weighted by molar-refractivity contribution is 0.664. The second-order valence-corrected chi connectivity index (χ2v) is 14.4. The molecule has 6 nitrogen and oxygen atoms in total. The first-order chi connectivity index (χ1) is 28.2. The Hall–Kier alpha value is -7.83. The maximum Gasteiger partial charge on any atom is 0.164 e. The van der Waals surface area contributed by atoms with Crippen LogP contribution in [0, 0.1) is 0 Å². The molecule has 0 aliphatic rings. The summed E-state index contributed by atoms with van der Waals surface area (Å²) in [6.07, 6.45) is 0. The summed E-state index contributed by atoms with van der Waals surface area (Å²) in [4.78, 5) is 14.7. The van der Waals surface area contributed by atoms with Crippen molar-refractivity contribution in [2.45, 2.75) is 0 Å². The third kappa shape index (κ3) is 5.01. The van der Waals surface area contributed by atoms with E-state index in [1.807, 2.05) is 66.7 Å². The van der Waals surface area contributed by atoms with Gasteiger partial charge in [-0.3, -0.25) is 0 Å². The Labute approximate surface area is 325 Å². The van der Waals surface area contributed by atoms with Crippen LogP contribution in [0.3, 0.4) is 0 Å². The van der Waals surface area contributed by atoms with Gasteiger partial charge in [-0.1, -0.05) is 127 Å². The molecule has 57 heavy (non-hydrogen) atoms. The Morgan fingerprint density at radius 3 is 1.63 bits per heavy atom. The molecule has 0 saturated carbocycles. The molecule has 0 unspecified atom stereocenters. The molecule has 0 bridgehead atoms. The van der Waals surface area contributed by atoms with Crippen LogP contribution in [0.25, 0.3) is 117 Å². The maximum atomic E-state index is 6.77. The van der Waals surface area contributed by atoms with E-state index in [9.17, 15) is 0 Å². The van der Waals surface area contributed by atoms with E-state index in [1.165, 1.54) is 21.8 Å². The van der Waals surface area contributed by atoms with Crippen molar-refractivity contribution < 1.29 is 8.83 Å². The number of aromatic nitrogens is 4. The first-order valence-electron chi connectivity index (χ1n) is 19.0. The Morgan fingerprint density at radius 1 is 0.333 bits per heavy atom. The molecule has 0 radical (unpaired) electrons. The number of benzene rings is 8. The third-order valence-electron chi connectivity index (χ3n) is 11.0. The van der Waals surface area contributed by atoms with Crippen molar-refractivity contribution in [2.24, 2.45) is 0 Å². The van der Waals surface area contributed by atoms with E-state index in [0.29, 0.717) is 17.5 Å². The monoisotopic (exact) mass is 730 g/mol. The smallest absolute Gasteiger partial charge is 0.164 e. The van der Waals surface area contributed by atoms with E-state index in [2.05, 4.69) is 120 Å². The van der Waals surface area contributed by atoms with Gasteiger partial charge in [0.05, 0.1) is 11.0 Å². The average molecular weight is 731 g/mol. The average Bonchev–Trinajstić information content (AvgIpc) is 3.94. The predicted molar refractivity (Wildman–Crippen MR) is 230 cm³/mol. The molecule has 0 aliphatic heterocycles. The van der Waals surface area contributed by atoms with Gasteiger partial charge in [0.1, 0.15) is 22.3 Å². The SMILES string of the molecule is c1ccc(-c2nc(-c3ccccc3)nc(-c3ccc4c(c3)oc3cc5c(cc34)oc3c(-c4ccc6c(c4)c4ccccc4n6-c4ccccc4)cccc35)n2)cc1. The Bertz CT molecular complexity index is 3450. The Balaban J connectivity index is 0.974.